The van der Waals surface area contributed by atoms with E-state index in [9.17, 15) is 14.3 Å². The summed E-state index contributed by atoms with van der Waals surface area (Å²) in [6.45, 7) is 2.90. The van der Waals surface area contributed by atoms with Crippen molar-refractivity contribution >= 4 is 11.8 Å². The number of rotatable bonds is 3. The number of hydrogen-bond acceptors (Lipinski definition) is 4. The molecule has 2 rings (SSSR count). The maximum absolute atomic E-state index is 14.0. The molecule has 0 spiro atoms. The highest BCUT2D eigenvalue weighted by Gasteiger charge is 2.26. The Morgan fingerprint density at radius 2 is 2.16 bits per heavy atom. The molecule has 0 aromatic carbocycles. The van der Waals surface area contributed by atoms with Gasteiger partial charge in [-0.1, -0.05) is 0 Å². The first-order chi connectivity index (χ1) is 9.00. The van der Waals surface area contributed by atoms with Crippen molar-refractivity contribution in [3.63, 3.8) is 0 Å². The van der Waals surface area contributed by atoms with Crippen LogP contribution in [0.2, 0.25) is 0 Å². The zero-order chi connectivity index (χ0) is 14.0. The molecular formula is C13H17FN2O3. The Labute approximate surface area is 110 Å². The zero-order valence-electron chi connectivity index (χ0n) is 10.7. The summed E-state index contributed by atoms with van der Waals surface area (Å²) in [6, 6.07) is 1.16. The van der Waals surface area contributed by atoms with Crippen LogP contribution in [-0.2, 0) is 0 Å². The number of aromatic nitrogens is 1. The van der Waals surface area contributed by atoms with E-state index < -0.39 is 11.8 Å². The van der Waals surface area contributed by atoms with Gasteiger partial charge in [0.2, 0.25) is 0 Å². The van der Waals surface area contributed by atoms with Crippen LogP contribution in [0.3, 0.4) is 0 Å². The van der Waals surface area contributed by atoms with Gasteiger partial charge in [0.25, 0.3) is 0 Å². The van der Waals surface area contributed by atoms with Crippen molar-refractivity contribution in [2.75, 3.05) is 18.0 Å². The summed E-state index contributed by atoms with van der Waals surface area (Å²) in [6.07, 6.45) is 2.43. The number of carboxylic acids is 1. The lowest BCUT2D eigenvalue weighted by Gasteiger charge is -2.34. The lowest BCUT2D eigenvalue weighted by atomic mass is 9.92. The third kappa shape index (κ3) is 2.84. The van der Waals surface area contributed by atoms with Crippen molar-refractivity contribution in [2.24, 2.45) is 5.92 Å². The molecule has 1 aromatic heterocycles. The van der Waals surface area contributed by atoms with Crippen LogP contribution in [0.25, 0.3) is 0 Å². The van der Waals surface area contributed by atoms with E-state index in [1.165, 1.54) is 6.20 Å². The molecule has 1 aromatic rings. The van der Waals surface area contributed by atoms with Gasteiger partial charge >= 0.3 is 5.97 Å². The summed E-state index contributed by atoms with van der Waals surface area (Å²) in [5.41, 5.74) is -0.359. The molecule has 1 saturated heterocycles. The van der Waals surface area contributed by atoms with Crippen LogP contribution >= 0.6 is 0 Å². The Morgan fingerprint density at radius 1 is 1.53 bits per heavy atom. The number of aromatic carboxylic acids is 1. The molecule has 6 heteroatoms. The third-order valence-corrected chi connectivity index (χ3v) is 3.62. The van der Waals surface area contributed by atoms with E-state index in [1.807, 2.05) is 0 Å². The summed E-state index contributed by atoms with van der Waals surface area (Å²) < 4.78 is 14.0. The number of nitrogens with zero attached hydrogens (tertiary/aromatic N) is 2. The van der Waals surface area contributed by atoms with E-state index in [2.05, 4.69) is 4.98 Å². The number of anilines is 1. The van der Waals surface area contributed by atoms with Gasteiger partial charge in [-0.15, -0.1) is 0 Å². The van der Waals surface area contributed by atoms with Gasteiger partial charge in [-0.05, 0) is 31.7 Å². The molecule has 1 atom stereocenters. The molecule has 1 aliphatic rings. The summed E-state index contributed by atoms with van der Waals surface area (Å²) >= 11 is 0. The highest BCUT2D eigenvalue weighted by Crippen LogP contribution is 2.26. The minimum Gasteiger partial charge on any atom is -0.478 e. The zero-order valence-corrected chi connectivity index (χ0v) is 10.7. The van der Waals surface area contributed by atoms with E-state index in [-0.39, 0.29) is 23.4 Å². The number of carboxylic acid groups (broad SMARTS) is 1. The highest BCUT2D eigenvalue weighted by molar-refractivity contribution is 5.88. The van der Waals surface area contributed by atoms with Gasteiger partial charge in [-0.3, -0.25) is 0 Å². The molecule has 1 fully saturated rings. The lowest BCUT2D eigenvalue weighted by Crippen LogP contribution is -2.38. The molecule has 0 aliphatic carbocycles. The molecule has 5 nitrogen and oxygen atoms in total. The normalized spacial score (nSPS) is 18.4. The van der Waals surface area contributed by atoms with E-state index in [4.69, 9.17) is 5.11 Å². The van der Waals surface area contributed by atoms with Crippen LogP contribution in [0.15, 0.2) is 12.3 Å². The van der Waals surface area contributed by atoms with Crippen LogP contribution in [0.1, 0.15) is 30.1 Å². The Kier molecular flexibility index (Phi) is 3.99. The number of piperidine rings is 1. The number of aliphatic hydroxyl groups is 1. The molecule has 0 bridgehead atoms. The molecule has 0 radical (unpaired) electrons. The predicted octanol–water partition coefficient (Wildman–Crippen LogP) is 1.52. The van der Waals surface area contributed by atoms with Crippen LogP contribution in [0.4, 0.5) is 10.2 Å². The maximum Gasteiger partial charge on any atom is 0.338 e. The second kappa shape index (κ2) is 5.52. The van der Waals surface area contributed by atoms with Crippen LogP contribution < -0.4 is 4.90 Å². The fourth-order valence-corrected chi connectivity index (χ4v) is 2.41. The minimum absolute atomic E-state index is 0.0870. The third-order valence-electron chi connectivity index (χ3n) is 3.62. The van der Waals surface area contributed by atoms with E-state index in [1.54, 1.807) is 11.8 Å². The largest absolute Gasteiger partial charge is 0.478 e. The first kappa shape index (κ1) is 13.7. The van der Waals surface area contributed by atoms with Gasteiger partial charge in [0.05, 0.1) is 6.10 Å². The van der Waals surface area contributed by atoms with Gasteiger partial charge in [0, 0.05) is 19.3 Å². The molecule has 1 unspecified atom stereocenters. The number of aliphatic hydroxyl groups excluding tert-OH is 1. The van der Waals surface area contributed by atoms with Gasteiger partial charge in [-0.25, -0.2) is 14.2 Å². The Balaban J connectivity index is 2.16. The summed E-state index contributed by atoms with van der Waals surface area (Å²) in [4.78, 5) is 16.6. The molecule has 2 heterocycles. The van der Waals surface area contributed by atoms with E-state index >= 15 is 0 Å². The Hall–Kier alpha value is -1.69. The van der Waals surface area contributed by atoms with Crippen LogP contribution in [-0.4, -0.2) is 40.4 Å². The molecule has 1 aliphatic heterocycles. The maximum atomic E-state index is 14.0. The van der Waals surface area contributed by atoms with Gasteiger partial charge in [-0.2, -0.15) is 0 Å². The van der Waals surface area contributed by atoms with E-state index in [0.29, 0.717) is 13.1 Å². The monoisotopic (exact) mass is 268 g/mol. The Bertz CT molecular complexity index is 471. The van der Waals surface area contributed by atoms with Crippen molar-refractivity contribution < 1.29 is 19.4 Å². The molecule has 0 amide bonds. The molecular weight excluding hydrogens is 251 g/mol. The van der Waals surface area contributed by atoms with Crippen molar-refractivity contribution in [1.29, 1.82) is 0 Å². The van der Waals surface area contributed by atoms with Crippen LogP contribution in [0.5, 0.6) is 0 Å². The molecule has 0 saturated carbocycles. The summed E-state index contributed by atoms with van der Waals surface area (Å²) in [7, 11) is 0. The topological polar surface area (TPSA) is 73.7 Å². The van der Waals surface area contributed by atoms with Crippen LogP contribution in [0, 0.1) is 11.7 Å². The second-order valence-corrected chi connectivity index (χ2v) is 4.87. The average molecular weight is 268 g/mol. The van der Waals surface area contributed by atoms with Gasteiger partial charge < -0.3 is 15.1 Å². The predicted molar refractivity (Wildman–Crippen MR) is 67.8 cm³/mol. The Morgan fingerprint density at radius 3 is 2.68 bits per heavy atom. The average Bonchev–Trinajstić information content (AvgIpc) is 2.38. The SMILES string of the molecule is CC(O)C1CCN(c2nccc(C(=O)O)c2F)CC1. The first-order valence-electron chi connectivity index (χ1n) is 6.31. The fraction of sp³-hybridized carbons (Fsp3) is 0.538. The van der Waals surface area contributed by atoms with Crippen molar-refractivity contribution in [2.45, 2.75) is 25.9 Å². The van der Waals surface area contributed by atoms with Crippen molar-refractivity contribution in [3.8, 4) is 0 Å². The second-order valence-electron chi connectivity index (χ2n) is 4.87. The molecule has 19 heavy (non-hydrogen) atoms. The number of halogens is 1. The quantitative estimate of drug-likeness (QED) is 0.869. The highest BCUT2D eigenvalue weighted by atomic mass is 19.1. The molecule has 104 valence electrons. The number of hydrogen-bond donors (Lipinski definition) is 2. The number of carbonyl (C=O) groups is 1. The minimum atomic E-state index is -1.29. The standard InChI is InChI=1S/C13H17FN2O3/c1-8(17)9-3-6-16(7-4-9)12-11(14)10(13(18)19)2-5-15-12/h2,5,8-9,17H,3-4,6-7H2,1H3,(H,18,19). The van der Waals surface area contributed by atoms with Crippen molar-refractivity contribution in [3.05, 3.63) is 23.6 Å². The summed E-state index contributed by atoms with van der Waals surface area (Å²) in [5, 5.41) is 18.4. The van der Waals surface area contributed by atoms with Gasteiger partial charge in [0.15, 0.2) is 11.6 Å². The lowest BCUT2D eigenvalue weighted by molar-refractivity contribution is 0.0691. The summed E-state index contributed by atoms with van der Waals surface area (Å²) in [5.74, 6) is -1.78. The fourth-order valence-electron chi connectivity index (χ4n) is 2.41. The van der Waals surface area contributed by atoms with Gasteiger partial charge in [0.1, 0.15) is 5.56 Å². The number of pyridine rings is 1. The molecule has 2 N–H and O–H groups in total. The van der Waals surface area contributed by atoms with Crippen molar-refractivity contribution in [1.82, 2.24) is 4.98 Å². The smallest absolute Gasteiger partial charge is 0.338 e. The first-order valence-corrected chi connectivity index (χ1v) is 6.31. The van der Waals surface area contributed by atoms with E-state index in [0.717, 1.165) is 18.9 Å².